The van der Waals surface area contributed by atoms with Crippen molar-refractivity contribution in [2.75, 3.05) is 25.2 Å². The molecule has 1 unspecified atom stereocenters. The van der Waals surface area contributed by atoms with Crippen LogP contribution >= 0.6 is 0 Å². The monoisotopic (exact) mass is 503 g/mol. The number of nitrogens with one attached hydrogen (secondary N) is 1. The van der Waals surface area contributed by atoms with Gasteiger partial charge in [-0.25, -0.2) is 9.07 Å². The maximum absolute atomic E-state index is 15.2. The Morgan fingerprint density at radius 1 is 1.00 bits per heavy atom. The van der Waals surface area contributed by atoms with Gasteiger partial charge in [-0.05, 0) is 41.3 Å². The van der Waals surface area contributed by atoms with Crippen molar-refractivity contribution in [2.45, 2.75) is 32.4 Å². The summed E-state index contributed by atoms with van der Waals surface area (Å²) in [7, 11) is 1.53. The summed E-state index contributed by atoms with van der Waals surface area (Å²) in [5.41, 5.74) is 2.92. The number of carbonyl (C=O) groups excluding carboxylic acids is 2. The Labute approximate surface area is 215 Å². The SMILES string of the molecule is COCCNC(=O)C(c1ccc(C(C)C)cc1)N(C(=O)Cn1nnc2ccccc21)c1ccccc1F. The van der Waals surface area contributed by atoms with Crippen LogP contribution in [-0.4, -0.2) is 47.1 Å². The average molecular weight is 504 g/mol. The molecule has 0 saturated heterocycles. The molecule has 1 heterocycles. The topological polar surface area (TPSA) is 89.4 Å². The number of halogens is 1. The van der Waals surface area contributed by atoms with Crippen molar-refractivity contribution in [1.82, 2.24) is 20.3 Å². The van der Waals surface area contributed by atoms with Crippen LogP contribution in [0.3, 0.4) is 0 Å². The summed E-state index contributed by atoms with van der Waals surface area (Å²) in [4.78, 5) is 28.7. The highest BCUT2D eigenvalue weighted by molar-refractivity contribution is 6.01. The van der Waals surface area contributed by atoms with Gasteiger partial charge in [0.1, 0.15) is 23.9 Å². The number of nitrogens with zero attached hydrogens (tertiary/aromatic N) is 4. The van der Waals surface area contributed by atoms with Gasteiger partial charge in [-0.2, -0.15) is 0 Å². The number of methoxy groups -OCH3 is 1. The van der Waals surface area contributed by atoms with E-state index in [1.807, 2.05) is 36.4 Å². The first kappa shape index (κ1) is 26.0. The highest BCUT2D eigenvalue weighted by Gasteiger charge is 2.34. The van der Waals surface area contributed by atoms with Gasteiger partial charge in [0.05, 0.1) is 17.8 Å². The van der Waals surface area contributed by atoms with Gasteiger partial charge < -0.3 is 10.1 Å². The number of fused-ring (bicyclic) bond motifs is 1. The van der Waals surface area contributed by atoms with Gasteiger partial charge in [0.2, 0.25) is 11.8 Å². The molecule has 1 atom stereocenters. The van der Waals surface area contributed by atoms with Crippen LogP contribution < -0.4 is 10.2 Å². The van der Waals surface area contributed by atoms with Gasteiger partial charge in [0, 0.05) is 13.7 Å². The zero-order valence-electron chi connectivity index (χ0n) is 21.1. The zero-order chi connectivity index (χ0) is 26.4. The molecule has 0 aliphatic carbocycles. The number of aromatic nitrogens is 3. The minimum absolute atomic E-state index is 0.00301. The molecule has 0 saturated carbocycles. The van der Waals surface area contributed by atoms with Crippen LogP contribution in [0.1, 0.15) is 36.9 Å². The Bertz CT molecular complexity index is 1370. The molecule has 2 amide bonds. The smallest absolute Gasteiger partial charge is 0.249 e. The van der Waals surface area contributed by atoms with Crippen molar-refractivity contribution in [3.8, 4) is 0 Å². The van der Waals surface area contributed by atoms with E-state index in [0.717, 1.165) is 5.56 Å². The molecule has 4 rings (SSSR count). The molecule has 0 spiro atoms. The number of carbonyl (C=O) groups is 2. The van der Waals surface area contributed by atoms with E-state index in [4.69, 9.17) is 4.74 Å². The number of ether oxygens (including phenoxy) is 1. The Balaban J connectivity index is 1.79. The van der Waals surface area contributed by atoms with Crippen LogP contribution in [0.4, 0.5) is 10.1 Å². The van der Waals surface area contributed by atoms with E-state index in [9.17, 15) is 9.59 Å². The Hall–Kier alpha value is -4.11. The Morgan fingerprint density at radius 3 is 2.38 bits per heavy atom. The van der Waals surface area contributed by atoms with E-state index in [-0.39, 0.29) is 24.7 Å². The largest absolute Gasteiger partial charge is 0.383 e. The van der Waals surface area contributed by atoms with Gasteiger partial charge >= 0.3 is 0 Å². The quantitative estimate of drug-likeness (QED) is 0.327. The summed E-state index contributed by atoms with van der Waals surface area (Å²) < 4.78 is 21.7. The third-order valence-corrected chi connectivity index (χ3v) is 6.12. The van der Waals surface area contributed by atoms with Gasteiger partial charge in [0.25, 0.3) is 0 Å². The summed E-state index contributed by atoms with van der Waals surface area (Å²) in [6, 6.07) is 19.5. The lowest BCUT2D eigenvalue weighted by molar-refractivity contribution is -0.127. The van der Waals surface area contributed by atoms with E-state index >= 15 is 4.39 Å². The number of anilines is 1. The number of rotatable bonds is 10. The normalized spacial score (nSPS) is 12.0. The molecule has 0 radical (unpaired) electrons. The van der Waals surface area contributed by atoms with E-state index in [2.05, 4.69) is 29.5 Å². The summed E-state index contributed by atoms with van der Waals surface area (Å²) in [5, 5.41) is 11.0. The molecule has 1 aromatic heterocycles. The number of amides is 2. The minimum Gasteiger partial charge on any atom is -0.383 e. The van der Waals surface area contributed by atoms with E-state index in [1.165, 1.54) is 34.9 Å². The lowest BCUT2D eigenvalue weighted by Crippen LogP contribution is -2.46. The Morgan fingerprint density at radius 2 is 1.68 bits per heavy atom. The molecule has 8 nitrogen and oxygen atoms in total. The van der Waals surface area contributed by atoms with Crippen LogP contribution in [0.5, 0.6) is 0 Å². The van der Waals surface area contributed by atoms with Crippen molar-refractivity contribution < 1.29 is 18.7 Å². The highest BCUT2D eigenvalue weighted by Crippen LogP contribution is 2.31. The van der Waals surface area contributed by atoms with Crippen LogP contribution in [0.25, 0.3) is 11.0 Å². The second kappa shape index (κ2) is 11.7. The van der Waals surface area contributed by atoms with Crippen molar-refractivity contribution in [3.05, 3.63) is 89.7 Å². The number of hydrogen-bond acceptors (Lipinski definition) is 5. The molecular weight excluding hydrogens is 473 g/mol. The van der Waals surface area contributed by atoms with Gasteiger partial charge in [-0.15, -0.1) is 5.10 Å². The van der Waals surface area contributed by atoms with Crippen LogP contribution in [0.2, 0.25) is 0 Å². The van der Waals surface area contributed by atoms with E-state index in [0.29, 0.717) is 23.2 Å². The van der Waals surface area contributed by atoms with Crippen LogP contribution in [0, 0.1) is 5.82 Å². The summed E-state index contributed by atoms with van der Waals surface area (Å²) >= 11 is 0. The zero-order valence-corrected chi connectivity index (χ0v) is 21.1. The molecule has 4 aromatic rings. The van der Waals surface area contributed by atoms with Gasteiger partial charge in [0.15, 0.2) is 0 Å². The van der Waals surface area contributed by atoms with Crippen LogP contribution in [-0.2, 0) is 20.9 Å². The van der Waals surface area contributed by atoms with E-state index < -0.39 is 23.7 Å². The highest BCUT2D eigenvalue weighted by atomic mass is 19.1. The fourth-order valence-corrected chi connectivity index (χ4v) is 4.16. The summed E-state index contributed by atoms with van der Waals surface area (Å²) in [6.45, 7) is 4.44. The van der Waals surface area contributed by atoms with Crippen molar-refractivity contribution in [1.29, 1.82) is 0 Å². The first-order chi connectivity index (χ1) is 17.9. The summed E-state index contributed by atoms with van der Waals surface area (Å²) in [6.07, 6.45) is 0. The molecular formula is C28H30FN5O3. The molecule has 1 N–H and O–H groups in total. The number of hydrogen-bond donors (Lipinski definition) is 1. The fraction of sp³-hybridized carbons (Fsp3) is 0.286. The van der Waals surface area contributed by atoms with Gasteiger partial charge in [-0.3, -0.25) is 14.5 Å². The van der Waals surface area contributed by atoms with E-state index in [1.54, 1.807) is 18.2 Å². The van der Waals surface area contributed by atoms with Crippen molar-refractivity contribution >= 4 is 28.5 Å². The summed E-state index contributed by atoms with van der Waals surface area (Å²) in [5.74, 6) is -1.30. The number of benzene rings is 3. The second-order valence-electron chi connectivity index (χ2n) is 8.96. The lowest BCUT2D eigenvalue weighted by atomic mass is 9.97. The van der Waals surface area contributed by atoms with Crippen molar-refractivity contribution in [2.24, 2.45) is 0 Å². The third-order valence-electron chi connectivity index (χ3n) is 6.12. The maximum atomic E-state index is 15.2. The van der Waals surface area contributed by atoms with Crippen molar-refractivity contribution in [3.63, 3.8) is 0 Å². The lowest BCUT2D eigenvalue weighted by Gasteiger charge is -2.32. The van der Waals surface area contributed by atoms with Crippen LogP contribution in [0.15, 0.2) is 72.8 Å². The molecule has 0 aliphatic rings. The predicted molar refractivity (Wildman–Crippen MR) is 140 cm³/mol. The first-order valence-corrected chi connectivity index (χ1v) is 12.1. The maximum Gasteiger partial charge on any atom is 0.249 e. The molecule has 0 bridgehead atoms. The third kappa shape index (κ3) is 5.83. The molecule has 3 aromatic carbocycles. The molecule has 0 fully saturated rings. The predicted octanol–water partition coefficient (Wildman–Crippen LogP) is 4.23. The first-order valence-electron chi connectivity index (χ1n) is 12.1. The number of para-hydroxylation sites is 2. The Kier molecular flexibility index (Phi) is 8.25. The molecule has 37 heavy (non-hydrogen) atoms. The second-order valence-corrected chi connectivity index (χ2v) is 8.96. The molecule has 192 valence electrons. The average Bonchev–Trinajstić information content (AvgIpc) is 3.30. The minimum atomic E-state index is -1.13. The molecule has 0 aliphatic heterocycles. The fourth-order valence-electron chi connectivity index (χ4n) is 4.16. The molecule has 9 heteroatoms. The van der Waals surface area contributed by atoms with Gasteiger partial charge in [-0.1, -0.05) is 67.6 Å². The standard InChI is InChI=1S/C28H30FN5O3/c1-19(2)20-12-14-21(15-13-20)27(28(36)30-16-17-37-3)34(24-10-6-4-8-22(24)29)26(35)18-33-25-11-7-5-9-23(25)31-32-33/h4-15,19,27H,16-18H2,1-3H3,(H,30,36).